The highest BCUT2D eigenvalue weighted by molar-refractivity contribution is 7.90. The van der Waals surface area contributed by atoms with E-state index in [0.717, 1.165) is 51.6 Å². The average Bonchev–Trinajstić information content (AvgIpc) is 2.30. The maximum atomic E-state index is 12.3. The molecule has 0 aromatic rings. The van der Waals surface area contributed by atoms with Crippen LogP contribution in [0.5, 0.6) is 0 Å². The summed E-state index contributed by atoms with van der Waals surface area (Å²) in [4.78, 5) is 0. The minimum absolute atomic E-state index is 0.150. The zero-order chi connectivity index (χ0) is 12.4. The lowest BCUT2D eigenvalue weighted by Crippen LogP contribution is -2.54. The molecule has 0 aromatic carbocycles. The second kappa shape index (κ2) is 5.24. The van der Waals surface area contributed by atoms with E-state index in [1.165, 1.54) is 6.42 Å². The molecule has 0 bridgehead atoms. The normalized spacial score (nSPS) is 26.9. The van der Waals surface area contributed by atoms with E-state index in [2.05, 4.69) is 10.0 Å². The van der Waals surface area contributed by atoms with Gasteiger partial charge in [0.15, 0.2) is 0 Å². The Bertz CT molecular complexity index is 342. The fourth-order valence-corrected chi connectivity index (χ4v) is 4.89. The van der Waals surface area contributed by atoms with E-state index in [4.69, 9.17) is 0 Å². The first-order valence-corrected chi connectivity index (χ1v) is 8.30. The van der Waals surface area contributed by atoms with Crippen molar-refractivity contribution in [2.24, 2.45) is 0 Å². The van der Waals surface area contributed by atoms with E-state index in [0.29, 0.717) is 0 Å². The van der Waals surface area contributed by atoms with Gasteiger partial charge in [-0.3, -0.25) is 0 Å². The number of nitrogens with one attached hydrogen (secondary N) is 2. The molecule has 2 N–H and O–H groups in total. The molecule has 0 amide bonds. The third-order valence-electron chi connectivity index (χ3n) is 4.09. The lowest BCUT2D eigenvalue weighted by Gasteiger charge is -2.36. The highest BCUT2D eigenvalue weighted by Crippen LogP contribution is 2.26. The molecule has 0 radical (unpaired) electrons. The Labute approximate surface area is 105 Å². The third kappa shape index (κ3) is 3.42. The van der Waals surface area contributed by atoms with Crippen molar-refractivity contribution >= 4 is 10.0 Å². The Hall–Kier alpha value is -0.130. The Morgan fingerprint density at radius 1 is 1.12 bits per heavy atom. The van der Waals surface area contributed by atoms with Gasteiger partial charge in [-0.05, 0) is 45.7 Å². The molecule has 0 aromatic heterocycles. The largest absolute Gasteiger partial charge is 0.317 e. The zero-order valence-corrected chi connectivity index (χ0v) is 11.5. The van der Waals surface area contributed by atoms with Gasteiger partial charge in [0, 0.05) is 5.54 Å². The number of hydrogen-bond acceptors (Lipinski definition) is 3. The van der Waals surface area contributed by atoms with E-state index >= 15 is 0 Å². The average molecular weight is 260 g/mol. The molecule has 1 heterocycles. The van der Waals surface area contributed by atoms with Crippen LogP contribution in [0.3, 0.4) is 0 Å². The van der Waals surface area contributed by atoms with Crippen LogP contribution in [0.2, 0.25) is 0 Å². The molecule has 1 aliphatic heterocycles. The fourth-order valence-electron chi connectivity index (χ4n) is 2.88. The van der Waals surface area contributed by atoms with Crippen LogP contribution >= 0.6 is 0 Å². The molecule has 100 valence electrons. The second-order valence-electron chi connectivity index (χ2n) is 5.72. The summed E-state index contributed by atoms with van der Waals surface area (Å²) in [5.41, 5.74) is -0.235. The molecule has 4 nitrogen and oxygen atoms in total. The molecule has 1 saturated carbocycles. The van der Waals surface area contributed by atoms with Gasteiger partial charge >= 0.3 is 0 Å². The van der Waals surface area contributed by atoms with E-state index in [9.17, 15) is 8.42 Å². The first-order chi connectivity index (χ1) is 8.02. The van der Waals surface area contributed by atoms with Gasteiger partial charge in [-0.1, -0.05) is 19.3 Å². The molecule has 0 unspecified atom stereocenters. The van der Waals surface area contributed by atoms with Crippen molar-refractivity contribution < 1.29 is 8.42 Å². The summed E-state index contributed by atoms with van der Waals surface area (Å²) in [6, 6.07) is 0. The van der Waals surface area contributed by atoms with Crippen LogP contribution in [-0.4, -0.2) is 32.3 Å². The summed E-state index contributed by atoms with van der Waals surface area (Å²) in [5, 5.41) is 3.12. The molecule has 1 saturated heterocycles. The van der Waals surface area contributed by atoms with Crippen LogP contribution in [0.15, 0.2) is 0 Å². The lowest BCUT2D eigenvalue weighted by molar-refractivity contribution is 0.305. The van der Waals surface area contributed by atoms with Crippen molar-refractivity contribution in [3.05, 3.63) is 0 Å². The quantitative estimate of drug-likeness (QED) is 0.806. The Balaban J connectivity index is 2.00. The standard InChI is InChI=1S/C12H24N2O2S/c1-12(7-9-13-10-8-12)14-17(15,16)11-5-3-2-4-6-11/h11,13-14H,2-10H2,1H3. The molecular weight excluding hydrogens is 236 g/mol. The molecule has 0 spiro atoms. The van der Waals surface area contributed by atoms with Crippen LogP contribution in [0.4, 0.5) is 0 Å². The van der Waals surface area contributed by atoms with Crippen LogP contribution in [-0.2, 0) is 10.0 Å². The van der Waals surface area contributed by atoms with Crippen molar-refractivity contribution in [3.63, 3.8) is 0 Å². The van der Waals surface area contributed by atoms with E-state index in [-0.39, 0.29) is 10.8 Å². The summed E-state index contributed by atoms with van der Waals surface area (Å²) in [6.45, 7) is 3.85. The predicted octanol–water partition coefficient (Wildman–Crippen LogP) is 1.38. The van der Waals surface area contributed by atoms with Crippen LogP contribution in [0.1, 0.15) is 51.9 Å². The van der Waals surface area contributed by atoms with Crippen molar-refractivity contribution in [2.45, 2.75) is 62.7 Å². The van der Waals surface area contributed by atoms with Gasteiger partial charge in [0.2, 0.25) is 10.0 Å². The molecule has 17 heavy (non-hydrogen) atoms. The first-order valence-electron chi connectivity index (χ1n) is 6.75. The summed E-state index contributed by atoms with van der Waals surface area (Å²) in [6.07, 6.45) is 6.76. The highest BCUT2D eigenvalue weighted by atomic mass is 32.2. The third-order valence-corrected chi connectivity index (χ3v) is 6.21. The van der Waals surface area contributed by atoms with Crippen molar-refractivity contribution in [3.8, 4) is 0 Å². The van der Waals surface area contributed by atoms with Crippen LogP contribution < -0.4 is 10.0 Å². The van der Waals surface area contributed by atoms with Gasteiger partial charge in [-0.15, -0.1) is 0 Å². The Morgan fingerprint density at radius 3 is 2.29 bits per heavy atom. The molecule has 5 heteroatoms. The summed E-state index contributed by atoms with van der Waals surface area (Å²) in [7, 11) is -3.12. The minimum atomic E-state index is -3.12. The predicted molar refractivity (Wildman–Crippen MR) is 69.4 cm³/mol. The van der Waals surface area contributed by atoms with Crippen molar-refractivity contribution in [1.82, 2.24) is 10.0 Å². The van der Waals surface area contributed by atoms with Gasteiger partial charge in [-0.25, -0.2) is 13.1 Å². The summed E-state index contributed by atoms with van der Waals surface area (Å²) >= 11 is 0. The lowest BCUT2D eigenvalue weighted by atomic mass is 9.92. The fraction of sp³-hybridized carbons (Fsp3) is 1.00. The van der Waals surface area contributed by atoms with Gasteiger partial charge in [0.1, 0.15) is 0 Å². The van der Waals surface area contributed by atoms with Gasteiger partial charge in [0.25, 0.3) is 0 Å². The molecule has 0 atom stereocenters. The van der Waals surface area contributed by atoms with Gasteiger partial charge in [-0.2, -0.15) is 0 Å². The first kappa shape index (κ1) is 13.3. The Kier molecular flexibility index (Phi) is 4.10. The SMILES string of the molecule is CC1(NS(=O)(=O)C2CCCCC2)CCNCC1. The summed E-state index contributed by atoms with van der Waals surface area (Å²) < 4.78 is 27.6. The highest BCUT2D eigenvalue weighted by Gasteiger charge is 2.35. The molecule has 1 aliphatic carbocycles. The zero-order valence-electron chi connectivity index (χ0n) is 10.7. The number of sulfonamides is 1. The number of piperidine rings is 1. The second-order valence-corrected chi connectivity index (χ2v) is 7.68. The number of rotatable bonds is 3. The molecule has 2 fully saturated rings. The smallest absolute Gasteiger partial charge is 0.214 e. The summed E-state index contributed by atoms with van der Waals surface area (Å²) in [5.74, 6) is 0. The van der Waals surface area contributed by atoms with Crippen molar-refractivity contribution in [2.75, 3.05) is 13.1 Å². The minimum Gasteiger partial charge on any atom is -0.317 e. The van der Waals surface area contributed by atoms with Crippen LogP contribution in [0.25, 0.3) is 0 Å². The maximum absolute atomic E-state index is 12.3. The Morgan fingerprint density at radius 2 is 1.71 bits per heavy atom. The molecular formula is C12H24N2O2S. The van der Waals surface area contributed by atoms with Gasteiger partial charge in [0.05, 0.1) is 5.25 Å². The number of hydrogen-bond donors (Lipinski definition) is 2. The molecule has 2 aliphatic rings. The van der Waals surface area contributed by atoms with Gasteiger partial charge < -0.3 is 5.32 Å². The van der Waals surface area contributed by atoms with E-state index < -0.39 is 10.0 Å². The van der Waals surface area contributed by atoms with E-state index in [1.807, 2.05) is 6.92 Å². The van der Waals surface area contributed by atoms with E-state index in [1.54, 1.807) is 0 Å². The van der Waals surface area contributed by atoms with Crippen molar-refractivity contribution in [1.29, 1.82) is 0 Å². The maximum Gasteiger partial charge on any atom is 0.214 e. The van der Waals surface area contributed by atoms with Crippen LogP contribution in [0, 0.1) is 0 Å². The molecule has 2 rings (SSSR count). The topological polar surface area (TPSA) is 58.2 Å². The monoisotopic (exact) mass is 260 g/mol.